The topological polar surface area (TPSA) is 138 Å². The summed E-state index contributed by atoms with van der Waals surface area (Å²) >= 11 is 0. The summed E-state index contributed by atoms with van der Waals surface area (Å²) in [7, 11) is 0. The minimum Gasteiger partial charge on any atom is -0.394 e. The van der Waals surface area contributed by atoms with Crippen LogP contribution in [0.15, 0.2) is 0 Å². The molecule has 0 fully saturated rings. The van der Waals surface area contributed by atoms with Crippen LogP contribution in [0.1, 0.15) is 0 Å². The van der Waals surface area contributed by atoms with Crippen LogP contribution in [0.2, 0.25) is 0 Å². The molecule has 0 aliphatic heterocycles. The lowest BCUT2D eigenvalue weighted by Crippen LogP contribution is -2.50. The van der Waals surface area contributed by atoms with Crippen molar-refractivity contribution in [3.63, 3.8) is 0 Å². The molecule has 0 aromatic rings. The Labute approximate surface area is 79.9 Å². The summed E-state index contributed by atoms with van der Waals surface area (Å²) in [5.74, 6) is 0. The monoisotopic (exact) mass is 210 g/mol. The Balaban J connectivity index is 4.29. The van der Waals surface area contributed by atoms with Crippen LogP contribution in [0.3, 0.4) is 0 Å². The number of aliphatic hydroxyl groups is 6. The molecule has 0 aliphatic rings. The van der Waals surface area contributed by atoms with E-state index in [-0.39, 0.29) is 6.29 Å². The van der Waals surface area contributed by atoms with E-state index in [1.165, 1.54) is 0 Å². The van der Waals surface area contributed by atoms with E-state index in [2.05, 4.69) is 0 Å². The Morgan fingerprint density at radius 1 is 0.929 bits per heavy atom. The molecule has 0 spiro atoms. The second kappa shape index (κ2) is 6.02. The van der Waals surface area contributed by atoms with E-state index in [1.54, 1.807) is 0 Å². The number of rotatable bonds is 6. The Morgan fingerprint density at radius 3 is 1.79 bits per heavy atom. The second-order valence-corrected chi connectivity index (χ2v) is 2.85. The summed E-state index contributed by atoms with van der Waals surface area (Å²) in [6.07, 6.45) is -9.21. The van der Waals surface area contributed by atoms with Gasteiger partial charge in [-0.1, -0.05) is 0 Å². The number of aliphatic hydroxyl groups excluding tert-OH is 6. The number of carbonyl (C=O) groups excluding carboxylic acids is 1. The normalized spacial score (nSPS) is 22.1. The smallest absolute Gasteiger partial charge is 0.151 e. The molecule has 0 aromatic heterocycles. The van der Waals surface area contributed by atoms with Crippen LogP contribution in [0.25, 0.3) is 0 Å². The molecule has 0 saturated carbocycles. The fourth-order valence-corrected chi connectivity index (χ4v) is 0.820. The predicted molar refractivity (Wildman–Crippen MR) is 43.2 cm³/mol. The Morgan fingerprint density at radius 2 is 1.43 bits per heavy atom. The van der Waals surface area contributed by atoms with Gasteiger partial charge in [-0.2, -0.15) is 0 Å². The van der Waals surface area contributed by atoms with Crippen molar-refractivity contribution in [3.05, 3.63) is 0 Å². The fourth-order valence-electron chi connectivity index (χ4n) is 0.820. The zero-order valence-corrected chi connectivity index (χ0v) is 7.26. The molecule has 0 rings (SSSR count). The van der Waals surface area contributed by atoms with Crippen LogP contribution in [-0.2, 0) is 4.79 Å². The molecule has 14 heavy (non-hydrogen) atoms. The molecule has 5 atom stereocenters. The third-order valence-corrected chi connectivity index (χ3v) is 1.77. The van der Waals surface area contributed by atoms with E-state index >= 15 is 0 Å². The average molecular weight is 210 g/mol. The van der Waals surface area contributed by atoms with Gasteiger partial charge in [0.15, 0.2) is 6.29 Å². The largest absolute Gasteiger partial charge is 0.394 e. The summed E-state index contributed by atoms with van der Waals surface area (Å²) in [5, 5.41) is 53.2. The molecule has 7 nitrogen and oxygen atoms in total. The molecule has 0 amide bonds. The van der Waals surface area contributed by atoms with Crippen molar-refractivity contribution in [2.75, 3.05) is 6.61 Å². The molecule has 0 bridgehead atoms. The summed E-state index contributed by atoms with van der Waals surface area (Å²) in [5.41, 5.74) is 0. The van der Waals surface area contributed by atoms with Crippen LogP contribution in [0.4, 0.5) is 0 Å². The van der Waals surface area contributed by atoms with Gasteiger partial charge in [-0.05, 0) is 0 Å². The Hall–Kier alpha value is -0.570. The first-order chi connectivity index (χ1) is 6.45. The van der Waals surface area contributed by atoms with E-state index in [0.717, 1.165) is 0 Å². The summed E-state index contributed by atoms with van der Waals surface area (Å²) in [6, 6.07) is 0. The molecule has 0 radical (unpaired) electrons. The van der Waals surface area contributed by atoms with Crippen molar-refractivity contribution >= 4 is 6.29 Å². The summed E-state index contributed by atoms with van der Waals surface area (Å²) < 4.78 is 0. The van der Waals surface area contributed by atoms with Crippen molar-refractivity contribution in [2.24, 2.45) is 0 Å². The minimum absolute atomic E-state index is 0.0219. The Bertz CT molecular complexity index is 173. The highest BCUT2D eigenvalue weighted by Gasteiger charge is 2.33. The highest BCUT2D eigenvalue weighted by molar-refractivity contribution is 5.56. The lowest BCUT2D eigenvalue weighted by atomic mass is 10.0. The molecular weight excluding hydrogens is 196 g/mol. The van der Waals surface area contributed by atoms with Gasteiger partial charge in [0, 0.05) is 0 Å². The van der Waals surface area contributed by atoms with Gasteiger partial charge in [0.1, 0.15) is 30.5 Å². The quantitative estimate of drug-likeness (QED) is 0.245. The molecular formula is C7H14O7. The lowest BCUT2D eigenvalue weighted by molar-refractivity contribution is -0.147. The number of hydrogen-bond donors (Lipinski definition) is 6. The first kappa shape index (κ1) is 13.4. The van der Waals surface area contributed by atoms with Crippen LogP contribution >= 0.6 is 0 Å². The average Bonchev–Trinajstić information content (AvgIpc) is 2.23. The number of carbonyl (C=O) groups is 1. The standard InChI is InChI=1S/C7H14O7/c8-1-3(10)5(12)7(14)6(13)4(11)2-9/h1,3-7,9-14H,2H2/t3-,4-,5-,6+,7+/m0/s1. The number of hydrogen-bond acceptors (Lipinski definition) is 7. The molecule has 0 aliphatic carbocycles. The summed E-state index contributed by atoms with van der Waals surface area (Å²) in [4.78, 5) is 10.00. The number of aldehydes is 1. The third-order valence-electron chi connectivity index (χ3n) is 1.77. The first-order valence-corrected chi connectivity index (χ1v) is 3.92. The zero-order valence-electron chi connectivity index (χ0n) is 7.26. The molecule has 0 heterocycles. The van der Waals surface area contributed by atoms with E-state index < -0.39 is 37.1 Å². The first-order valence-electron chi connectivity index (χ1n) is 3.92. The fraction of sp³-hybridized carbons (Fsp3) is 0.857. The van der Waals surface area contributed by atoms with Crippen molar-refractivity contribution in [3.8, 4) is 0 Å². The van der Waals surface area contributed by atoms with Crippen LogP contribution < -0.4 is 0 Å². The highest BCUT2D eigenvalue weighted by Crippen LogP contribution is 2.07. The van der Waals surface area contributed by atoms with Crippen molar-refractivity contribution in [1.29, 1.82) is 0 Å². The van der Waals surface area contributed by atoms with Crippen LogP contribution in [0.5, 0.6) is 0 Å². The predicted octanol–water partition coefficient (Wildman–Crippen LogP) is -4.02. The third kappa shape index (κ3) is 3.29. The molecule has 0 aromatic carbocycles. The summed E-state index contributed by atoms with van der Waals surface area (Å²) in [6.45, 7) is -0.817. The minimum atomic E-state index is -1.92. The Kier molecular flexibility index (Phi) is 5.77. The van der Waals surface area contributed by atoms with Crippen molar-refractivity contribution in [2.45, 2.75) is 30.5 Å². The van der Waals surface area contributed by atoms with Gasteiger partial charge in [0.05, 0.1) is 6.61 Å². The van der Waals surface area contributed by atoms with E-state index in [1.807, 2.05) is 0 Å². The molecule has 6 N–H and O–H groups in total. The maximum Gasteiger partial charge on any atom is 0.151 e. The lowest BCUT2D eigenvalue weighted by Gasteiger charge is -2.26. The SMILES string of the molecule is O=C[C@H](O)[C@H](O)[C@@H](O)[C@H](O)[C@@H](O)CO. The molecule has 0 saturated heterocycles. The second-order valence-electron chi connectivity index (χ2n) is 2.85. The van der Waals surface area contributed by atoms with Crippen molar-refractivity contribution < 1.29 is 35.4 Å². The van der Waals surface area contributed by atoms with E-state index in [9.17, 15) is 4.79 Å². The van der Waals surface area contributed by atoms with E-state index in [4.69, 9.17) is 30.6 Å². The van der Waals surface area contributed by atoms with Crippen molar-refractivity contribution in [1.82, 2.24) is 0 Å². The van der Waals surface area contributed by atoms with Gasteiger partial charge < -0.3 is 35.4 Å². The van der Waals surface area contributed by atoms with Crippen LogP contribution in [0, 0.1) is 0 Å². The van der Waals surface area contributed by atoms with Gasteiger partial charge in [-0.15, -0.1) is 0 Å². The van der Waals surface area contributed by atoms with Gasteiger partial charge in [0.25, 0.3) is 0 Å². The van der Waals surface area contributed by atoms with Crippen LogP contribution in [-0.4, -0.2) is 74.1 Å². The molecule has 7 heteroatoms. The zero-order chi connectivity index (χ0) is 11.3. The maximum absolute atomic E-state index is 10.00. The van der Waals surface area contributed by atoms with E-state index in [0.29, 0.717) is 0 Å². The van der Waals surface area contributed by atoms with Gasteiger partial charge in [-0.25, -0.2) is 0 Å². The van der Waals surface area contributed by atoms with Gasteiger partial charge in [-0.3, -0.25) is 0 Å². The van der Waals surface area contributed by atoms with Gasteiger partial charge >= 0.3 is 0 Å². The maximum atomic E-state index is 10.00. The van der Waals surface area contributed by atoms with Gasteiger partial charge in [0.2, 0.25) is 0 Å². The molecule has 84 valence electrons. The molecule has 0 unspecified atom stereocenters. The highest BCUT2D eigenvalue weighted by atomic mass is 16.4.